The first-order valence-electron chi connectivity index (χ1n) is 11.5. The Kier molecular flexibility index (Phi) is 8.00. The monoisotopic (exact) mass is 545 g/mol. The number of aryl methyl sites for hydroxylation is 1. The number of carbonyl (C=O) groups is 1. The lowest BCUT2D eigenvalue weighted by Gasteiger charge is -2.26. The molecule has 36 heavy (non-hydrogen) atoms. The van der Waals surface area contributed by atoms with Crippen molar-refractivity contribution in [2.45, 2.75) is 26.2 Å². The van der Waals surface area contributed by atoms with Gasteiger partial charge in [0.05, 0.1) is 34.0 Å². The number of nitrogens with one attached hydrogen (secondary N) is 1. The van der Waals surface area contributed by atoms with E-state index in [-0.39, 0.29) is 30.3 Å². The summed E-state index contributed by atoms with van der Waals surface area (Å²) >= 11 is 12.6. The van der Waals surface area contributed by atoms with E-state index >= 15 is 0 Å². The van der Waals surface area contributed by atoms with Gasteiger partial charge in [0.2, 0.25) is 0 Å². The SMILES string of the molecule is CCc1c(C(=O)NN2CCS(=O)(=O)CC2)nn(-c2ccc(Cl)cc2Cl)c1-c1ccc(CCC#N)cc1. The van der Waals surface area contributed by atoms with Crippen LogP contribution in [0.5, 0.6) is 0 Å². The number of hydrazine groups is 1. The van der Waals surface area contributed by atoms with Crippen LogP contribution in [0, 0.1) is 11.3 Å². The molecule has 11 heteroatoms. The van der Waals surface area contributed by atoms with Gasteiger partial charge in [0, 0.05) is 35.7 Å². The molecule has 0 aliphatic carbocycles. The Morgan fingerprint density at radius 3 is 2.44 bits per heavy atom. The molecule has 4 rings (SSSR count). The van der Waals surface area contributed by atoms with Crippen molar-refractivity contribution < 1.29 is 13.2 Å². The number of nitriles is 1. The Hall–Kier alpha value is -2.90. The van der Waals surface area contributed by atoms with Gasteiger partial charge in [0.1, 0.15) is 0 Å². The zero-order valence-electron chi connectivity index (χ0n) is 19.7. The predicted molar refractivity (Wildman–Crippen MR) is 140 cm³/mol. The van der Waals surface area contributed by atoms with Gasteiger partial charge in [-0.05, 0) is 36.6 Å². The molecule has 0 bridgehead atoms. The lowest BCUT2D eigenvalue weighted by atomic mass is 10.0. The third-order valence-corrected chi connectivity index (χ3v) is 8.19. The first kappa shape index (κ1) is 26.2. The van der Waals surface area contributed by atoms with Crippen molar-refractivity contribution >= 4 is 38.9 Å². The first-order chi connectivity index (χ1) is 17.2. The second-order valence-electron chi connectivity index (χ2n) is 8.47. The number of nitrogens with zero attached hydrogens (tertiary/aromatic N) is 4. The van der Waals surface area contributed by atoms with Gasteiger partial charge in [0.25, 0.3) is 5.91 Å². The van der Waals surface area contributed by atoms with Crippen LogP contribution in [0.3, 0.4) is 0 Å². The summed E-state index contributed by atoms with van der Waals surface area (Å²) in [5, 5.41) is 16.0. The molecule has 1 aliphatic rings. The van der Waals surface area contributed by atoms with Gasteiger partial charge in [-0.1, -0.05) is 54.4 Å². The van der Waals surface area contributed by atoms with Crippen molar-refractivity contribution in [1.82, 2.24) is 20.2 Å². The fourth-order valence-electron chi connectivity index (χ4n) is 4.14. The Morgan fingerprint density at radius 1 is 1.14 bits per heavy atom. The van der Waals surface area contributed by atoms with Crippen LogP contribution in [0.25, 0.3) is 16.9 Å². The highest BCUT2D eigenvalue weighted by molar-refractivity contribution is 7.91. The molecule has 188 valence electrons. The van der Waals surface area contributed by atoms with Gasteiger partial charge >= 0.3 is 0 Å². The third-order valence-electron chi connectivity index (χ3n) is 6.05. The second kappa shape index (κ2) is 11.0. The molecule has 1 saturated heterocycles. The fourth-order valence-corrected chi connectivity index (χ4v) is 5.83. The Labute approximate surface area is 220 Å². The highest BCUT2D eigenvalue weighted by Gasteiger charge is 2.28. The molecule has 0 saturated carbocycles. The molecule has 0 radical (unpaired) electrons. The molecule has 0 spiro atoms. The van der Waals surface area contributed by atoms with Gasteiger partial charge in [-0.3, -0.25) is 10.2 Å². The summed E-state index contributed by atoms with van der Waals surface area (Å²) in [5.74, 6) is -0.431. The van der Waals surface area contributed by atoms with Crippen molar-refractivity contribution in [2.75, 3.05) is 24.6 Å². The van der Waals surface area contributed by atoms with E-state index in [1.165, 1.54) is 0 Å². The van der Waals surface area contributed by atoms with E-state index in [1.807, 2.05) is 31.2 Å². The summed E-state index contributed by atoms with van der Waals surface area (Å²) in [5.41, 5.74) is 6.95. The van der Waals surface area contributed by atoms with E-state index in [9.17, 15) is 13.2 Å². The number of sulfone groups is 1. The Morgan fingerprint density at radius 2 is 1.83 bits per heavy atom. The number of amides is 1. The average molecular weight is 546 g/mol. The molecule has 8 nitrogen and oxygen atoms in total. The smallest absolute Gasteiger partial charge is 0.283 e. The van der Waals surface area contributed by atoms with Gasteiger partial charge in [-0.2, -0.15) is 10.4 Å². The number of rotatable bonds is 7. The van der Waals surface area contributed by atoms with Crippen LogP contribution < -0.4 is 5.43 Å². The number of halogens is 2. The topological polar surface area (TPSA) is 108 Å². The fraction of sp³-hybridized carbons (Fsp3) is 0.320. The summed E-state index contributed by atoms with van der Waals surface area (Å²) in [6.45, 7) is 2.38. The highest BCUT2D eigenvalue weighted by atomic mass is 35.5. The number of hydrogen-bond acceptors (Lipinski definition) is 6. The molecular formula is C25H25Cl2N5O3S. The number of aromatic nitrogens is 2. The van der Waals surface area contributed by atoms with Gasteiger partial charge in [0.15, 0.2) is 15.5 Å². The maximum absolute atomic E-state index is 13.3. The molecule has 1 fully saturated rings. The summed E-state index contributed by atoms with van der Waals surface area (Å²) < 4.78 is 25.2. The first-order valence-corrected chi connectivity index (χ1v) is 14.1. The van der Waals surface area contributed by atoms with E-state index in [0.29, 0.717) is 35.0 Å². The minimum atomic E-state index is -3.08. The third kappa shape index (κ3) is 5.73. The van der Waals surface area contributed by atoms with E-state index in [1.54, 1.807) is 27.9 Å². The lowest BCUT2D eigenvalue weighted by Crippen LogP contribution is -2.50. The van der Waals surface area contributed by atoms with Crippen LogP contribution in [-0.2, 0) is 22.7 Å². The zero-order chi connectivity index (χ0) is 25.9. The lowest BCUT2D eigenvalue weighted by molar-refractivity contribution is 0.0795. The Bertz CT molecular complexity index is 1420. The second-order valence-corrected chi connectivity index (χ2v) is 11.6. The summed E-state index contributed by atoms with van der Waals surface area (Å²) in [6, 6.07) is 15.0. The van der Waals surface area contributed by atoms with Crippen molar-refractivity contribution in [3.05, 3.63) is 69.3 Å². The van der Waals surface area contributed by atoms with Crippen LogP contribution in [0.1, 0.15) is 35.0 Å². The molecule has 1 aliphatic heterocycles. The number of hydrogen-bond donors (Lipinski definition) is 1. The molecular weight excluding hydrogens is 521 g/mol. The van der Waals surface area contributed by atoms with Gasteiger partial charge in [-0.25, -0.2) is 18.1 Å². The standard InChI is InChI=1S/C25H25Cl2N5O3S/c1-2-20-23(25(33)30-31-12-14-36(34,35)15-13-31)29-32(22-10-9-19(26)16-21(22)27)24(20)18-7-5-17(6-8-18)4-3-11-28/h5-10,16H,2-4,12-15H2,1H3,(H,30,33). The van der Waals surface area contributed by atoms with Crippen molar-refractivity contribution in [3.8, 4) is 23.0 Å². The van der Waals surface area contributed by atoms with E-state index in [4.69, 9.17) is 28.5 Å². The van der Waals surface area contributed by atoms with E-state index in [0.717, 1.165) is 22.4 Å². The summed E-state index contributed by atoms with van der Waals surface area (Å²) in [6.07, 6.45) is 1.60. The van der Waals surface area contributed by atoms with E-state index in [2.05, 4.69) is 16.6 Å². The zero-order valence-corrected chi connectivity index (χ0v) is 22.0. The minimum absolute atomic E-state index is 0.00780. The molecule has 1 amide bonds. The average Bonchev–Trinajstić information content (AvgIpc) is 3.24. The molecule has 1 aromatic heterocycles. The molecule has 3 aromatic rings. The maximum Gasteiger partial charge on any atom is 0.286 e. The van der Waals surface area contributed by atoms with E-state index < -0.39 is 15.7 Å². The molecule has 2 heterocycles. The summed E-state index contributed by atoms with van der Waals surface area (Å²) in [4.78, 5) is 13.3. The molecule has 0 unspecified atom stereocenters. The van der Waals surface area contributed by atoms with Gasteiger partial charge < -0.3 is 0 Å². The normalized spacial score (nSPS) is 15.4. The number of benzene rings is 2. The largest absolute Gasteiger partial charge is 0.286 e. The van der Waals surface area contributed by atoms with Gasteiger partial charge in [-0.15, -0.1) is 0 Å². The quantitative estimate of drug-likeness (QED) is 0.475. The Balaban J connectivity index is 1.77. The van der Waals surface area contributed by atoms with Crippen molar-refractivity contribution in [3.63, 3.8) is 0 Å². The van der Waals surface area contributed by atoms with Crippen LogP contribution in [0.4, 0.5) is 0 Å². The molecule has 2 aromatic carbocycles. The number of carbonyl (C=O) groups excluding carboxylic acids is 1. The van der Waals surface area contributed by atoms with Crippen LogP contribution in [0.15, 0.2) is 42.5 Å². The highest BCUT2D eigenvalue weighted by Crippen LogP contribution is 2.33. The summed E-state index contributed by atoms with van der Waals surface area (Å²) in [7, 11) is -3.08. The minimum Gasteiger partial charge on any atom is -0.283 e. The van der Waals surface area contributed by atoms with Crippen LogP contribution >= 0.6 is 23.2 Å². The predicted octanol–water partition coefficient (Wildman–Crippen LogP) is 4.24. The van der Waals surface area contributed by atoms with Crippen molar-refractivity contribution in [2.24, 2.45) is 0 Å². The molecule has 0 atom stereocenters. The van der Waals surface area contributed by atoms with Crippen LogP contribution in [0.2, 0.25) is 10.0 Å². The van der Waals surface area contributed by atoms with Crippen LogP contribution in [-0.4, -0.2) is 53.7 Å². The molecule has 1 N–H and O–H groups in total. The van der Waals surface area contributed by atoms with Crippen molar-refractivity contribution in [1.29, 1.82) is 5.26 Å². The maximum atomic E-state index is 13.3.